The van der Waals surface area contributed by atoms with Gasteiger partial charge in [-0.2, -0.15) is 0 Å². The van der Waals surface area contributed by atoms with Crippen molar-refractivity contribution in [3.63, 3.8) is 0 Å². The summed E-state index contributed by atoms with van der Waals surface area (Å²) in [6.45, 7) is 1.92. The highest BCUT2D eigenvalue weighted by atomic mass is 127. The summed E-state index contributed by atoms with van der Waals surface area (Å²) in [7, 11) is 0. The molecule has 1 aromatic rings. The maximum absolute atomic E-state index is 4.08. The molecule has 1 aromatic heterocycles. The lowest BCUT2D eigenvalue weighted by atomic mass is 10.6. The van der Waals surface area contributed by atoms with Crippen molar-refractivity contribution in [2.75, 3.05) is 0 Å². The van der Waals surface area contributed by atoms with Crippen LogP contribution in [0.15, 0.2) is 0 Å². The van der Waals surface area contributed by atoms with Crippen molar-refractivity contribution >= 4 is 45.2 Å². The van der Waals surface area contributed by atoms with Gasteiger partial charge in [-0.1, -0.05) is 0 Å². The highest BCUT2D eigenvalue weighted by molar-refractivity contribution is 14.1. The molecule has 0 aliphatic carbocycles. The zero-order valence-corrected chi connectivity index (χ0v) is 8.91. The molecule has 0 saturated carbocycles. The molecule has 9 heavy (non-hydrogen) atoms. The molecule has 0 fully saturated rings. The van der Waals surface area contributed by atoms with E-state index in [1.54, 1.807) is 0 Å². The molecule has 0 saturated heterocycles. The van der Waals surface area contributed by atoms with Crippen LogP contribution in [-0.4, -0.2) is 15.2 Å². The fourth-order valence-electron chi connectivity index (χ4n) is 0.364. The SMILES string of the molecule is Cc1nc(I)nnc1I. The van der Waals surface area contributed by atoms with E-state index >= 15 is 0 Å². The minimum atomic E-state index is 0.700. The van der Waals surface area contributed by atoms with Crippen LogP contribution in [0, 0.1) is 14.5 Å². The largest absolute Gasteiger partial charge is 0.224 e. The van der Waals surface area contributed by atoms with E-state index in [0.29, 0.717) is 3.83 Å². The van der Waals surface area contributed by atoms with Gasteiger partial charge in [0, 0.05) is 22.6 Å². The Kier molecular flexibility index (Phi) is 2.56. The van der Waals surface area contributed by atoms with E-state index < -0.39 is 0 Å². The lowest BCUT2D eigenvalue weighted by molar-refractivity contribution is 0.878. The lowest BCUT2D eigenvalue weighted by Gasteiger charge is -1.92. The third-order valence-corrected chi connectivity index (χ3v) is 2.23. The third kappa shape index (κ3) is 1.95. The Morgan fingerprint density at radius 3 is 2.33 bits per heavy atom. The fraction of sp³-hybridized carbons (Fsp3) is 0.250. The molecule has 0 amide bonds. The molecular weight excluding hydrogens is 344 g/mol. The van der Waals surface area contributed by atoms with Crippen LogP contribution in [0.3, 0.4) is 0 Å². The Bertz CT molecular complexity index is 225. The molecule has 5 heteroatoms. The number of hydrogen-bond donors (Lipinski definition) is 0. The first-order valence-corrected chi connectivity index (χ1v) is 4.38. The number of rotatable bonds is 0. The van der Waals surface area contributed by atoms with Crippen LogP contribution in [-0.2, 0) is 0 Å². The molecule has 1 heterocycles. The van der Waals surface area contributed by atoms with Gasteiger partial charge in [0.2, 0.25) is 3.83 Å². The summed E-state index contributed by atoms with van der Waals surface area (Å²) in [5, 5.41) is 7.60. The molecule has 3 nitrogen and oxygen atoms in total. The van der Waals surface area contributed by atoms with Gasteiger partial charge in [0.25, 0.3) is 0 Å². The van der Waals surface area contributed by atoms with Crippen molar-refractivity contribution in [3.8, 4) is 0 Å². The van der Waals surface area contributed by atoms with Gasteiger partial charge in [0.1, 0.15) is 3.70 Å². The second-order valence-electron chi connectivity index (χ2n) is 1.46. The van der Waals surface area contributed by atoms with Crippen LogP contribution in [0.1, 0.15) is 5.69 Å². The minimum absolute atomic E-state index is 0.700. The predicted octanol–water partition coefficient (Wildman–Crippen LogP) is 1.39. The van der Waals surface area contributed by atoms with Crippen molar-refractivity contribution in [1.82, 2.24) is 15.2 Å². The number of hydrogen-bond acceptors (Lipinski definition) is 3. The fourth-order valence-corrected chi connectivity index (χ4v) is 1.06. The number of nitrogens with zero attached hydrogens (tertiary/aromatic N) is 3. The molecule has 0 aliphatic heterocycles. The Morgan fingerprint density at radius 1 is 1.22 bits per heavy atom. The first-order chi connectivity index (χ1) is 4.20. The summed E-state index contributed by atoms with van der Waals surface area (Å²) in [4.78, 5) is 4.08. The second-order valence-corrected chi connectivity index (χ2v) is 3.44. The van der Waals surface area contributed by atoms with Gasteiger partial charge in [-0.15, -0.1) is 10.2 Å². The second kappa shape index (κ2) is 3.04. The Hall–Kier alpha value is 0.470. The van der Waals surface area contributed by atoms with Crippen LogP contribution in [0.5, 0.6) is 0 Å². The number of aromatic nitrogens is 3. The highest BCUT2D eigenvalue weighted by Crippen LogP contribution is 2.03. The molecule has 48 valence electrons. The van der Waals surface area contributed by atoms with Crippen molar-refractivity contribution in [2.24, 2.45) is 0 Å². The van der Waals surface area contributed by atoms with E-state index in [1.165, 1.54) is 0 Å². The number of aryl methyl sites for hydroxylation is 1. The van der Waals surface area contributed by atoms with Crippen LogP contribution < -0.4 is 0 Å². The zero-order chi connectivity index (χ0) is 6.85. The molecule has 0 spiro atoms. The summed E-state index contributed by atoms with van der Waals surface area (Å²) in [5.41, 5.74) is 0.940. The van der Waals surface area contributed by atoms with E-state index in [0.717, 1.165) is 9.39 Å². The maximum Gasteiger partial charge on any atom is 0.212 e. The Labute approximate surface area is 79.9 Å². The maximum atomic E-state index is 4.08. The summed E-state index contributed by atoms with van der Waals surface area (Å²) >= 11 is 4.14. The lowest BCUT2D eigenvalue weighted by Crippen LogP contribution is -1.97. The normalized spacial score (nSPS) is 9.67. The van der Waals surface area contributed by atoms with E-state index in [4.69, 9.17) is 0 Å². The van der Waals surface area contributed by atoms with Crippen molar-refractivity contribution in [2.45, 2.75) is 6.92 Å². The average Bonchev–Trinajstić information content (AvgIpc) is 1.80. The molecule has 0 aliphatic rings. The quantitative estimate of drug-likeness (QED) is 0.666. The van der Waals surface area contributed by atoms with Crippen molar-refractivity contribution in [3.05, 3.63) is 13.2 Å². The van der Waals surface area contributed by atoms with E-state index in [-0.39, 0.29) is 0 Å². The molecule has 0 N–H and O–H groups in total. The molecular formula is C4H3I2N3. The third-order valence-electron chi connectivity index (χ3n) is 0.779. The van der Waals surface area contributed by atoms with Crippen LogP contribution in [0.2, 0.25) is 0 Å². The first-order valence-electron chi connectivity index (χ1n) is 2.22. The van der Waals surface area contributed by atoms with Crippen LogP contribution >= 0.6 is 45.2 Å². The van der Waals surface area contributed by atoms with E-state index in [9.17, 15) is 0 Å². The molecule has 0 bridgehead atoms. The van der Waals surface area contributed by atoms with E-state index in [2.05, 4.69) is 37.8 Å². The highest BCUT2D eigenvalue weighted by Gasteiger charge is 1.96. The summed E-state index contributed by atoms with van der Waals surface area (Å²) < 4.78 is 1.57. The smallest absolute Gasteiger partial charge is 0.212 e. The number of halogens is 2. The van der Waals surface area contributed by atoms with Crippen LogP contribution in [0.25, 0.3) is 0 Å². The topological polar surface area (TPSA) is 38.7 Å². The van der Waals surface area contributed by atoms with Gasteiger partial charge in [-0.25, -0.2) is 4.98 Å². The van der Waals surface area contributed by atoms with Gasteiger partial charge >= 0.3 is 0 Å². The minimum Gasteiger partial charge on any atom is -0.224 e. The molecule has 0 radical (unpaired) electrons. The first kappa shape index (κ1) is 7.58. The monoisotopic (exact) mass is 347 g/mol. The van der Waals surface area contributed by atoms with Crippen molar-refractivity contribution in [1.29, 1.82) is 0 Å². The standard InChI is InChI=1S/C4H3I2N3/c1-2-3(5)8-9-4(6)7-2/h1H3. The van der Waals surface area contributed by atoms with E-state index in [1.807, 2.05) is 29.5 Å². The summed E-state index contributed by atoms with van der Waals surface area (Å²) in [6, 6.07) is 0. The van der Waals surface area contributed by atoms with Gasteiger partial charge in [0.15, 0.2) is 0 Å². The van der Waals surface area contributed by atoms with Gasteiger partial charge < -0.3 is 0 Å². The average molecular weight is 347 g/mol. The summed E-state index contributed by atoms with van der Waals surface area (Å²) in [5.74, 6) is 0. The van der Waals surface area contributed by atoms with Gasteiger partial charge in [-0.05, 0) is 29.5 Å². The van der Waals surface area contributed by atoms with Gasteiger partial charge in [-0.3, -0.25) is 0 Å². The Morgan fingerprint density at radius 2 is 1.89 bits per heavy atom. The molecule has 0 unspecified atom stereocenters. The molecule has 1 rings (SSSR count). The van der Waals surface area contributed by atoms with Crippen molar-refractivity contribution < 1.29 is 0 Å². The molecule has 0 aromatic carbocycles. The zero-order valence-electron chi connectivity index (χ0n) is 4.60. The van der Waals surface area contributed by atoms with Crippen LogP contribution in [0.4, 0.5) is 0 Å². The summed E-state index contributed by atoms with van der Waals surface area (Å²) in [6.07, 6.45) is 0. The van der Waals surface area contributed by atoms with Gasteiger partial charge in [0.05, 0.1) is 5.69 Å². The molecule has 0 atom stereocenters. The Balaban J connectivity index is 3.17. The predicted molar refractivity (Wildman–Crippen MR) is 50.0 cm³/mol.